The molecule has 0 aromatic heterocycles. The number of amides is 3. The molecule has 3 atom stereocenters. The van der Waals surface area contributed by atoms with Gasteiger partial charge in [-0.05, 0) is 74.1 Å². The van der Waals surface area contributed by atoms with Crippen LogP contribution in [0.25, 0.3) is 0 Å². The molecule has 0 radical (unpaired) electrons. The molecule has 0 bridgehead atoms. The molecule has 3 aromatic carbocycles. The van der Waals surface area contributed by atoms with Gasteiger partial charge in [-0.3, -0.25) is 9.69 Å². The fourth-order valence-electron chi connectivity index (χ4n) is 4.92. The van der Waals surface area contributed by atoms with Gasteiger partial charge in [-0.25, -0.2) is 9.59 Å². The van der Waals surface area contributed by atoms with Crippen LogP contribution in [0.1, 0.15) is 40.1 Å². The van der Waals surface area contributed by atoms with Crippen LogP contribution in [0.3, 0.4) is 0 Å². The van der Waals surface area contributed by atoms with Crippen LogP contribution in [0.5, 0.6) is 11.5 Å². The number of aliphatic hydroxyl groups is 1. The zero-order valence-corrected chi connectivity index (χ0v) is 24.7. The lowest BCUT2D eigenvalue weighted by molar-refractivity contribution is 0.0341. The van der Waals surface area contributed by atoms with Crippen LogP contribution in [0.2, 0.25) is 0 Å². The van der Waals surface area contributed by atoms with Crippen molar-refractivity contribution in [3.63, 3.8) is 0 Å². The van der Waals surface area contributed by atoms with Gasteiger partial charge in [0.2, 0.25) is 0 Å². The van der Waals surface area contributed by atoms with Crippen molar-refractivity contribution < 1.29 is 34.1 Å². The fourth-order valence-corrected chi connectivity index (χ4v) is 4.92. The summed E-state index contributed by atoms with van der Waals surface area (Å²) in [5, 5.41) is 24.6. The number of urea groups is 1. The van der Waals surface area contributed by atoms with Crippen molar-refractivity contribution in [2.75, 3.05) is 44.5 Å². The van der Waals surface area contributed by atoms with Crippen molar-refractivity contribution in [3.05, 3.63) is 83.4 Å². The number of methoxy groups -OCH3 is 1. The Morgan fingerprint density at radius 1 is 1.07 bits per heavy atom. The third-order valence-corrected chi connectivity index (χ3v) is 7.42. The number of carbonyl (C=O) groups excluding carboxylic acids is 2. The number of nitrogens with zero attached hydrogens (tertiary/aromatic N) is 2. The van der Waals surface area contributed by atoms with Crippen molar-refractivity contribution in [2.24, 2.45) is 5.92 Å². The molecule has 0 saturated heterocycles. The van der Waals surface area contributed by atoms with Crippen LogP contribution in [-0.4, -0.2) is 83.9 Å². The average molecular weight is 591 g/mol. The van der Waals surface area contributed by atoms with E-state index in [-0.39, 0.29) is 35.7 Å². The fraction of sp³-hybridized carbons (Fsp3) is 0.344. The first kappa shape index (κ1) is 31.3. The van der Waals surface area contributed by atoms with Crippen molar-refractivity contribution >= 4 is 29.3 Å². The molecular weight excluding hydrogens is 552 g/mol. The first-order valence-electron chi connectivity index (χ1n) is 14.0. The second-order valence-corrected chi connectivity index (χ2v) is 10.8. The first-order valence-corrected chi connectivity index (χ1v) is 14.0. The third-order valence-electron chi connectivity index (χ3n) is 7.42. The van der Waals surface area contributed by atoms with Gasteiger partial charge in [-0.2, -0.15) is 0 Å². The minimum Gasteiger partial charge on any atom is -0.497 e. The number of carboxylic acid groups (broad SMARTS) is 1. The van der Waals surface area contributed by atoms with Gasteiger partial charge in [-0.15, -0.1) is 0 Å². The summed E-state index contributed by atoms with van der Waals surface area (Å²) < 4.78 is 11.6. The molecular formula is C32H38N4O7. The van der Waals surface area contributed by atoms with E-state index in [0.29, 0.717) is 42.5 Å². The Kier molecular flexibility index (Phi) is 10.2. The molecule has 0 unspecified atom stereocenters. The quantitative estimate of drug-likeness (QED) is 0.273. The molecule has 11 heteroatoms. The molecule has 228 valence electrons. The summed E-state index contributed by atoms with van der Waals surface area (Å²) in [6.45, 7) is 5.06. The van der Waals surface area contributed by atoms with E-state index in [1.807, 2.05) is 14.0 Å². The maximum Gasteiger partial charge on any atom is 0.335 e. The minimum atomic E-state index is -0.970. The number of fused-ring (bicyclic) bond motifs is 1. The van der Waals surface area contributed by atoms with Gasteiger partial charge < -0.3 is 35.2 Å². The Hall–Kier alpha value is -4.61. The molecule has 0 saturated carbocycles. The number of carbonyl (C=O) groups is 3. The van der Waals surface area contributed by atoms with E-state index < -0.39 is 18.0 Å². The Labute approximate surface area is 251 Å². The minimum absolute atomic E-state index is 0.0731. The van der Waals surface area contributed by atoms with E-state index in [1.54, 1.807) is 85.7 Å². The van der Waals surface area contributed by atoms with Crippen molar-refractivity contribution in [3.8, 4) is 11.5 Å². The predicted molar refractivity (Wildman–Crippen MR) is 163 cm³/mol. The first-order chi connectivity index (χ1) is 20.6. The highest BCUT2D eigenvalue weighted by Crippen LogP contribution is 2.31. The Morgan fingerprint density at radius 3 is 2.35 bits per heavy atom. The summed E-state index contributed by atoms with van der Waals surface area (Å²) in [6.07, 6.45) is -0.305. The lowest BCUT2D eigenvalue weighted by Gasteiger charge is -2.38. The molecule has 1 aliphatic rings. The SMILES string of the molecule is COc1ccc(NC(=O)Nc2ccc3c(c2)C(=O)N([C@H](C)CO)C[C@H](C)[C@@H](CN(C)Cc2ccc(C(=O)O)cc2)O3)cc1. The highest BCUT2D eigenvalue weighted by atomic mass is 16.5. The summed E-state index contributed by atoms with van der Waals surface area (Å²) in [5.74, 6) is -0.287. The van der Waals surface area contributed by atoms with Crippen LogP contribution < -0.4 is 20.1 Å². The van der Waals surface area contributed by atoms with E-state index in [9.17, 15) is 19.5 Å². The van der Waals surface area contributed by atoms with E-state index in [0.717, 1.165) is 5.56 Å². The number of hydrogen-bond acceptors (Lipinski definition) is 7. The predicted octanol–water partition coefficient (Wildman–Crippen LogP) is 4.39. The molecule has 3 amide bonds. The number of aliphatic hydroxyl groups excluding tert-OH is 1. The van der Waals surface area contributed by atoms with Gasteiger partial charge in [-0.1, -0.05) is 19.1 Å². The van der Waals surface area contributed by atoms with Crippen LogP contribution in [-0.2, 0) is 6.54 Å². The van der Waals surface area contributed by atoms with E-state index in [4.69, 9.17) is 14.6 Å². The second-order valence-electron chi connectivity index (χ2n) is 10.8. The lowest BCUT2D eigenvalue weighted by atomic mass is 9.99. The van der Waals surface area contributed by atoms with Gasteiger partial charge in [0.15, 0.2) is 0 Å². The number of aromatic carboxylic acids is 1. The van der Waals surface area contributed by atoms with E-state index >= 15 is 0 Å². The van der Waals surface area contributed by atoms with Crippen molar-refractivity contribution in [2.45, 2.75) is 32.5 Å². The maximum atomic E-state index is 13.7. The number of nitrogens with one attached hydrogen (secondary N) is 2. The number of likely N-dealkylation sites (N-methyl/N-ethyl adjacent to an activating group) is 1. The Balaban J connectivity index is 1.53. The molecule has 1 heterocycles. The molecule has 0 spiro atoms. The monoisotopic (exact) mass is 590 g/mol. The molecule has 11 nitrogen and oxygen atoms in total. The topological polar surface area (TPSA) is 141 Å². The molecule has 4 rings (SSSR count). The average Bonchev–Trinajstić information content (AvgIpc) is 2.99. The summed E-state index contributed by atoms with van der Waals surface area (Å²) >= 11 is 0. The molecule has 1 aliphatic heterocycles. The molecule has 4 N–H and O–H groups in total. The molecule has 0 fully saturated rings. The zero-order chi connectivity index (χ0) is 31.1. The van der Waals surface area contributed by atoms with Gasteiger partial charge in [0.25, 0.3) is 5.91 Å². The Morgan fingerprint density at radius 2 is 1.72 bits per heavy atom. The maximum absolute atomic E-state index is 13.7. The number of carboxylic acids is 1. The normalized spacial score (nSPS) is 17.3. The second kappa shape index (κ2) is 14.0. The summed E-state index contributed by atoms with van der Waals surface area (Å²) in [7, 11) is 3.52. The van der Waals surface area contributed by atoms with Crippen LogP contribution in [0.15, 0.2) is 66.7 Å². The van der Waals surface area contributed by atoms with Crippen LogP contribution >= 0.6 is 0 Å². The van der Waals surface area contributed by atoms with Gasteiger partial charge in [0.05, 0.1) is 30.9 Å². The van der Waals surface area contributed by atoms with Gasteiger partial charge in [0.1, 0.15) is 17.6 Å². The molecule has 43 heavy (non-hydrogen) atoms. The number of anilines is 2. The van der Waals surface area contributed by atoms with E-state index in [1.165, 1.54) is 0 Å². The number of hydrogen-bond donors (Lipinski definition) is 4. The summed E-state index contributed by atoms with van der Waals surface area (Å²) in [4.78, 5) is 41.3. The zero-order valence-electron chi connectivity index (χ0n) is 24.7. The largest absolute Gasteiger partial charge is 0.497 e. The summed E-state index contributed by atoms with van der Waals surface area (Å²) in [5.41, 5.74) is 2.46. The number of benzene rings is 3. The van der Waals surface area contributed by atoms with Crippen LogP contribution in [0.4, 0.5) is 16.2 Å². The summed E-state index contributed by atoms with van der Waals surface area (Å²) in [6, 6.07) is 17.7. The van der Waals surface area contributed by atoms with Gasteiger partial charge in [0, 0.05) is 36.9 Å². The number of ether oxygens (including phenoxy) is 2. The van der Waals surface area contributed by atoms with Crippen molar-refractivity contribution in [1.29, 1.82) is 0 Å². The highest BCUT2D eigenvalue weighted by Gasteiger charge is 2.33. The van der Waals surface area contributed by atoms with Crippen molar-refractivity contribution in [1.82, 2.24) is 9.80 Å². The van der Waals surface area contributed by atoms with E-state index in [2.05, 4.69) is 15.5 Å². The Bertz CT molecular complexity index is 1430. The number of rotatable bonds is 10. The smallest absolute Gasteiger partial charge is 0.335 e. The lowest BCUT2D eigenvalue weighted by Crippen LogP contribution is -2.49. The third kappa shape index (κ3) is 8.02. The highest BCUT2D eigenvalue weighted by molar-refractivity contribution is 6.02. The standard InChI is InChI=1S/C32H38N4O7/c1-20-16-36(21(2)19-37)30(38)27-15-25(34-32(41)33-24-9-12-26(42-4)13-10-24)11-14-28(27)43-29(20)18-35(3)17-22-5-7-23(8-6-22)31(39)40/h5-15,20-21,29,37H,16-19H2,1-4H3,(H,39,40)(H2,33,34,41)/t20-,21+,29+/m0/s1. The van der Waals surface area contributed by atoms with Crippen LogP contribution in [0, 0.1) is 5.92 Å². The molecule has 0 aliphatic carbocycles. The van der Waals surface area contributed by atoms with Gasteiger partial charge >= 0.3 is 12.0 Å². The molecule has 3 aromatic rings.